The molecule has 0 spiro atoms. The van der Waals surface area contributed by atoms with Crippen LogP contribution >= 0.6 is 45.9 Å². The first-order chi connectivity index (χ1) is 22.4. The number of thiophene rings is 1. The van der Waals surface area contributed by atoms with Gasteiger partial charge in [0.1, 0.15) is 16.5 Å². The van der Waals surface area contributed by atoms with Gasteiger partial charge in [-0.05, 0) is 63.6 Å². The number of nitrogens with zero attached hydrogens (tertiary/aromatic N) is 5. The van der Waals surface area contributed by atoms with Crippen molar-refractivity contribution in [1.29, 1.82) is 0 Å². The van der Waals surface area contributed by atoms with Gasteiger partial charge < -0.3 is 14.5 Å². The highest BCUT2D eigenvalue weighted by Crippen LogP contribution is 2.46. The SMILES string of the molecule is CCOC(=O)C1CCN(c2ncc(C(=O)Nc3nc(-c4cc(Cl)cs4)c(N4CC5CCN(C6CCCCC6)C5C4)s3)cc2Cl)CC1. The zero-order chi connectivity index (χ0) is 31.8. The molecule has 6 heterocycles. The second-order valence-corrected chi connectivity index (χ2v) is 15.6. The number of rotatable bonds is 8. The average Bonchev–Trinajstić information content (AvgIpc) is 3.86. The summed E-state index contributed by atoms with van der Waals surface area (Å²) in [6.45, 7) is 6.72. The number of anilines is 3. The van der Waals surface area contributed by atoms with Crippen LogP contribution in [0.15, 0.2) is 23.7 Å². The molecule has 3 aliphatic heterocycles. The van der Waals surface area contributed by atoms with Gasteiger partial charge in [-0.1, -0.05) is 53.8 Å². The molecular weight excluding hydrogens is 663 g/mol. The number of nitrogens with one attached hydrogen (secondary N) is 1. The summed E-state index contributed by atoms with van der Waals surface area (Å²) in [7, 11) is 0. The maximum Gasteiger partial charge on any atom is 0.309 e. The van der Waals surface area contributed by atoms with Crippen molar-refractivity contribution in [3.05, 3.63) is 39.3 Å². The number of amides is 1. The molecule has 0 radical (unpaired) electrons. The van der Waals surface area contributed by atoms with Crippen LogP contribution in [0.3, 0.4) is 0 Å². The third-order valence-electron chi connectivity index (χ3n) is 10.1. The zero-order valence-corrected chi connectivity index (χ0v) is 29.2. The Morgan fingerprint density at radius 1 is 1.02 bits per heavy atom. The lowest BCUT2D eigenvalue weighted by molar-refractivity contribution is -0.148. The summed E-state index contributed by atoms with van der Waals surface area (Å²) in [5, 5.41) is 7.68. The lowest BCUT2D eigenvalue weighted by Gasteiger charge is -2.35. The van der Waals surface area contributed by atoms with Gasteiger partial charge in [-0.25, -0.2) is 9.97 Å². The van der Waals surface area contributed by atoms with Gasteiger partial charge in [-0.3, -0.25) is 19.8 Å². The quantitative estimate of drug-likeness (QED) is 0.242. The molecule has 1 amide bonds. The third kappa shape index (κ3) is 6.63. The number of likely N-dealkylation sites (tertiary alicyclic amines) is 1. The molecule has 0 aromatic carbocycles. The van der Waals surface area contributed by atoms with Crippen LogP contribution in [0.2, 0.25) is 10.0 Å². The first-order valence-corrected chi connectivity index (χ1v) is 19.0. The minimum atomic E-state index is -0.306. The van der Waals surface area contributed by atoms with Gasteiger partial charge in [0.2, 0.25) is 0 Å². The first kappa shape index (κ1) is 32.1. The highest BCUT2D eigenvalue weighted by atomic mass is 35.5. The standard InChI is InChI=1S/C33H40Cl2N6O3S2/c1-2-44-32(43)20-8-11-39(12-9-20)29-25(35)14-22(16-36-29)30(42)38-33-37-28(27-15-23(34)19-45-27)31(46-33)40-17-21-10-13-41(26(21)18-40)24-6-4-3-5-7-24/h14-16,19-21,24,26H,2-13,17-18H2,1H3,(H,37,38,42). The van der Waals surface area contributed by atoms with E-state index in [1.165, 1.54) is 56.4 Å². The highest BCUT2D eigenvalue weighted by molar-refractivity contribution is 7.21. The maximum absolute atomic E-state index is 13.4. The normalized spacial score (nSPS) is 22.8. The number of piperidine rings is 1. The first-order valence-electron chi connectivity index (χ1n) is 16.5. The predicted octanol–water partition coefficient (Wildman–Crippen LogP) is 7.45. The van der Waals surface area contributed by atoms with E-state index >= 15 is 0 Å². The number of hydrogen-bond donors (Lipinski definition) is 1. The Kier molecular flexibility index (Phi) is 9.75. The molecule has 246 valence electrons. The number of hydrogen-bond acceptors (Lipinski definition) is 10. The molecule has 1 N–H and O–H groups in total. The Bertz CT molecular complexity index is 1570. The van der Waals surface area contributed by atoms with Crippen molar-refractivity contribution in [3.8, 4) is 10.6 Å². The van der Waals surface area contributed by atoms with Crippen molar-refractivity contribution in [2.24, 2.45) is 11.8 Å². The van der Waals surface area contributed by atoms with E-state index in [4.69, 9.17) is 32.9 Å². The Hall–Kier alpha value is -2.44. The van der Waals surface area contributed by atoms with E-state index in [0.29, 0.717) is 71.1 Å². The van der Waals surface area contributed by atoms with E-state index in [1.54, 1.807) is 23.6 Å². The van der Waals surface area contributed by atoms with Crippen molar-refractivity contribution in [3.63, 3.8) is 0 Å². The number of aromatic nitrogens is 2. The van der Waals surface area contributed by atoms with Crippen LogP contribution < -0.4 is 15.1 Å². The van der Waals surface area contributed by atoms with Crippen LogP contribution in [0.25, 0.3) is 10.6 Å². The number of ether oxygens (including phenoxy) is 1. The smallest absolute Gasteiger partial charge is 0.309 e. The van der Waals surface area contributed by atoms with Crippen LogP contribution in [-0.4, -0.2) is 78.2 Å². The Morgan fingerprint density at radius 2 is 1.83 bits per heavy atom. The fourth-order valence-corrected chi connectivity index (χ4v) is 10.2. The number of pyridine rings is 1. The topological polar surface area (TPSA) is 90.9 Å². The van der Waals surface area contributed by atoms with Crippen molar-refractivity contribution in [2.75, 3.05) is 54.4 Å². The molecule has 3 aromatic rings. The molecule has 2 atom stereocenters. The van der Waals surface area contributed by atoms with Gasteiger partial charge in [0.15, 0.2) is 5.13 Å². The number of carbonyl (C=O) groups is 2. The molecule has 13 heteroatoms. The van der Waals surface area contributed by atoms with E-state index in [1.807, 2.05) is 18.4 Å². The van der Waals surface area contributed by atoms with Crippen LogP contribution in [0.5, 0.6) is 0 Å². The van der Waals surface area contributed by atoms with Crippen molar-refractivity contribution in [2.45, 2.75) is 70.4 Å². The van der Waals surface area contributed by atoms with Gasteiger partial charge >= 0.3 is 5.97 Å². The van der Waals surface area contributed by atoms with E-state index in [0.717, 1.165) is 34.7 Å². The molecule has 4 fully saturated rings. The summed E-state index contributed by atoms with van der Waals surface area (Å²) in [4.78, 5) is 43.4. The molecule has 2 unspecified atom stereocenters. The second kappa shape index (κ2) is 14.0. The summed E-state index contributed by atoms with van der Waals surface area (Å²) in [6.07, 6.45) is 10.9. The van der Waals surface area contributed by atoms with E-state index in [9.17, 15) is 9.59 Å². The van der Waals surface area contributed by atoms with Gasteiger partial charge in [0, 0.05) is 49.8 Å². The third-order valence-corrected chi connectivity index (χ3v) is 12.6. The van der Waals surface area contributed by atoms with Gasteiger partial charge in [0.05, 0.1) is 33.0 Å². The van der Waals surface area contributed by atoms with Crippen molar-refractivity contribution >= 4 is 73.7 Å². The minimum absolute atomic E-state index is 0.103. The molecule has 3 aromatic heterocycles. The van der Waals surface area contributed by atoms with Gasteiger partial charge in [-0.15, -0.1) is 11.3 Å². The largest absolute Gasteiger partial charge is 0.466 e. The molecular formula is C33H40Cl2N6O3S2. The van der Waals surface area contributed by atoms with Crippen molar-refractivity contribution < 1.29 is 14.3 Å². The maximum atomic E-state index is 13.4. The summed E-state index contributed by atoms with van der Waals surface area (Å²) >= 11 is 16.1. The van der Waals surface area contributed by atoms with E-state index < -0.39 is 0 Å². The summed E-state index contributed by atoms with van der Waals surface area (Å²) in [5.41, 5.74) is 1.24. The number of esters is 1. The number of carbonyl (C=O) groups excluding carboxylic acids is 2. The van der Waals surface area contributed by atoms with Crippen LogP contribution in [0.4, 0.5) is 16.0 Å². The zero-order valence-electron chi connectivity index (χ0n) is 26.1. The van der Waals surface area contributed by atoms with Crippen LogP contribution in [0.1, 0.15) is 68.6 Å². The average molecular weight is 704 g/mol. The molecule has 0 bridgehead atoms. The predicted molar refractivity (Wildman–Crippen MR) is 187 cm³/mol. The second-order valence-electron chi connectivity index (χ2n) is 12.8. The molecule has 1 aliphatic carbocycles. The van der Waals surface area contributed by atoms with Crippen molar-refractivity contribution in [1.82, 2.24) is 14.9 Å². The summed E-state index contributed by atoms with van der Waals surface area (Å²) in [6, 6.07) is 4.91. The molecule has 3 saturated heterocycles. The van der Waals surface area contributed by atoms with Gasteiger partial charge in [-0.2, -0.15) is 0 Å². The van der Waals surface area contributed by atoms with Crippen LogP contribution in [0, 0.1) is 11.8 Å². The molecule has 4 aliphatic rings. The summed E-state index contributed by atoms with van der Waals surface area (Å²) < 4.78 is 5.19. The number of fused-ring (bicyclic) bond motifs is 1. The highest BCUT2D eigenvalue weighted by Gasteiger charge is 2.45. The fourth-order valence-electron chi connectivity index (χ4n) is 7.75. The number of halogens is 2. The lowest BCUT2D eigenvalue weighted by atomic mass is 9.93. The Labute approximate surface area is 288 Å². The lowest BCUT2D eigenvalue weighted by Crippen LogP contribution is -2.43. The molecule has 9 nitrogen and oxygen atoms in total. The Balaban J connectivity index is 1.05. The number of thiazole rings is 1. The minimum Gasteiger partial charge on any atom is -0.466 e. The molecule has 1 saturated carbocycles. The van der Waals surface area contributed by atoms with E-state index in [-0.39, 0.29) is 17.8 Å². The van der Waals surface area contributed by atoms with Gasteiger partial charge in [0.25, 0.3) is 5.91 Å². The molecule has 46 heavy (non-hydrogen) atoms. The van der Waals surface area contributed by atoms with E-state index in [2.05, 4.69) is 25.0 Å². The monoisotopic (exact) mass is 702 g/mol. The fraction of sp³-hybridized carbons (Fsp3) is 0.576. The van der Waals surface area contributed by atoms with Crippen LogP contribution in [-0.2, 0) is 9.53 Å². The summed E-state index contributed by atoms with van der Waals surface area (Å²) in [5.74, 6) is 0.729. The molecule has 7 rings (SSSR count). The Morgan fingerprint density at radius 3 is 2.54 bits per heavy atom.